The predicted molar refractivity (Wildman–Crippen MR) is 81.0 cm³/mol. The van der Waals surface area contributed by atoms with Crippen molar-refractivity contribution >= 4 is 0 Å². The van der Waals surface area contributed by atoms with E-state index in [9.17, 15) is 0 Å². The highest BCUT2D eigenvalue weighted by molar-refractivity contribution is 4.79. The molecule has 18 heavy (non-hydrogen) atoms. The fourth-order valence-corrected chi connectivity index (χ4v) is 2.86. The molecule has 2 unspecified atom stereocenters. The van der Waals surface area contributed by atoms with Crippen LogP contribution in [0.5, 0.6) is 0 Å². The first-order valence-electron chi connectivity index (χ1n) is 7.89. The van der Waals surface area contributed by atoms with Crippen molar-refractivity contribution in [3.05, 3.63) is 0 Å². The summed E-state index contributed by atoms with van der Waals surface area (Å²) in [5.74, 6) is 0.907. The summed E-state index contributed by atoms with van der Waals surface area (Å²) in [4.78, 5) is 2.65. The van der Waals surface area contributed by atoms with Crippen LogP contribution in [0.25, 0.3) is 0 Å². The van der Waals surface area contributed by atoms with Gasteiger partial charge in [-0.1, -0.05) is 27.7 Å². The Kier molecular flexibility index (Phi) is 6.65. The first-order valence-corrected chi connectivity index (χ1v) is 7.89. The van der Waals surface area contributed by atoms with Gasteiger partial charge in [0.2, 0.25) is 0 Å². The van der Waals surface area contributed by atoms with Crippen LogP contribution in [-0.4, -0.2) is 37.1 Å². The van der Waals surface area contributed by atoms with E-state index in [-0.39, 0.29) is 0 Å². The molecule has 0 spiro atoms. The van der Waals surface area contributed by atoms with Crippen LogP contribution in [0.3, 0.4) is 0 Å². The van der Waals surface area contributed by atoms with Gasteiger partial charge in [-0.15, -0.1) is 0 Å². The quantitative estimate of drug-likeness (QED) is 0.807. The molecule has 1 aliphatic rings. The molecule has 1 N–H and O–H groups in total. The smallest absolute Gasteiger partial charge is 0.0107 e. The van der Waals surface area contributed by atoms with E-state index >= 15 is 0 Å². The maximum absolute atomic E-state index is 3.60. The van der Waals surface area contributed by atoms with Crippen LogP contribution in [-0.2, 0) is 0 Å². The first kappa shape index (κ1) is 16.0. The van der Waals surface area contributed by atoms with Crippen molar-refractivity contribution in [3.63, 3.8) is 0 Å². The predicted octanol–water partition coefficient (Wildman–Crippen LogP) is 3.52. The molecule has 0 aromatic heterocycles. The third-order valence-electron chi connectivity index (χ3n) is 4.58. The van der Waals surface area contributed by atoms with E-state index < -0.39 is 0 Å². The van der Waals surface area contributed by atoms with Gasteiger partial charge >= 0.3 is 0 Å². The normalized spacial score (nSPS) is 24.8. The molecule has 2 atom stereocenters. The van der Waals surface area contributed by atoms with Crippen molar-refractivity contribution in [2.45, 2.75) is 66.3 Å². The van der Waals surface area contributed by atoms with Gasteiger partial charge in [0.15, 0.2) is 0 Å². The second-order valence-corrected chi connectivity index (χ2v) is 7.10. The van der Waals surface area contributed by atoms with E-state index in [1.54, 1.807) is 0 Å². The standard InChI is InChI=1S/C16H34N2/c1-6-14(2)17-10-13-18-11-7-8-15(9-12-18)16(3,4)5/h14-15,17H,6-13H2,1-5H3. The molecule has 1 saturated heterocycles. The zero-order valence-corrected chi connectivity index (χ0v) is 13.3. The number of nitrogens with zero attached hydrogens (tertiary/aromatic N) is 1. The third-order valence-corrected chi connectivity index (χ3v) is 4.58. The van der Waals surface area contributed by atoms with Gasteiger partial charge in [-0.2, -0.15) is 0 Å². The van der Waals surface area contributed by atoms with Crippen molar-refractivity contribution in [2.75, 3.05) is 26.2 Å². The molecule has 108 valence electrons. The summed E-state index contributed by atoms with van der Waals surface area (Å²) in [5, 5.41) is 3.60. The Morgan fingerprint density at radius 2 is 1.94 bits per heavy atom. The Morgan fingerprint density at radius 3 is 2.56 bits per heavy atom. The molecule has 0 saturated carbocycles. The molecular formula is C16H34N2. The summed E-state index contributed by atoms with van der Waals surface area (Å²) in [5.41, 5.74) is 0.491. The van der Waals surface area contributed by atoms with Gasteiger partial charge in [-0.25, -0.2) is 0 Å². The van der Waals surface area contributed by atoms with Crippen LogP contribution in [0.15, 0.2) is 0 Å². The molecule has 1 rings (SSSR count). The first-order chi connectivity index (χ1) is 8.43. The summed E-state index contributed by atoms with van der Waals surface area (Å²) in [6.07, 6.45) is 5.41. The Labute approximate surface area is 115 Å². The minimum atomic E-state index is 0.491. The maximum atomic E-state index is 3.60. The molecule has 0 aliphatic carbocycles. The monoisotopic (exact) mass is 254 g/mol. The van der Waals surface area contributed by atoms with E-state index in [1.165, 1.54) is 45.3 Å². The van der Waals surface area contributed by atoms with Crippen LogP contribution in [0.1, 0.15) is 60.3 Å². The van der Waals surface area contributed by atoms with Crippen molar-refractivity contribution in [3.8, 4) is 0 Å². The van der Waals surface area contributed by atoms with Crippen LogP contribution < -0.4 is 5.32 Å². The van der Waals surface area contributed by atoms with Crippen LogP contribution in [0.4, 0.5) is 0 Å². The lowest BCUT2D eigenvalue weighted by molar-refractivity contribution is 0.208. The van der Waals surface area contributed by atoms with E-state index in [1.807, 2.05) is 0 Å². The second kappa shape index (κ2) is 7.49. The molecule has 1 fully saturated rings. The summed E-state index contributed by atoms with van der Waals surface area (Å²) in [7, 11) is 0. The minimum absolute atomic E-state index is 0.491. The highest BCUT2D eigenvalue weighted by Gasteiger charge is 2.26. The lowest BCUT2D eigenvalue weighted by atomic mass is 9.77. The molecule has 1 aliphatic heterocycles. The summed E-state index contributed by atoms with van der Waals surface area (Å²) >= 11 is 0. The van der Waals surface area contributed by atoms with Crippen molar-refractivity contribution < 1.29 is 0 Å². The molecule has 0 amide bonds. The van der Waals surface area contributed by atoms with Gasteiger partial charge in [0.05, 0.1) is 0 Å². The topological polar surface area (TPSA) is 15.3 Å². The molecule has 0 aromatic rings. The molecular weight excluding hydrogens is 220 g/mol. The van der Waals surface area contributed by atoms with Gasteiger partial charge in [-0.05, 0) is 57.0 Å². The van der Waals surface area contributed by atoms with Crippen LogP contribution >= 0.6 is 0 Å². The lowest BCUT2D eigenvalue weighted by Crippen LogP contribution is -2.36. The number of likely N-dealkylation sites (tertiary alicyclic amines) is 1. The maximum Gasteiger partial charge on any atom is 0.0107 e. The van der Waals surface area contributed by atoms with Gasteiger partial charge in [0.1, 0.15) is 0 Å². The largest absolute Gasteiger partial charge is 0.313 e. The van der Waals surface area contributed by atoms with Crippen LogP contribution in [0.2, 0.25) is 0 Å². The molecule has 0 bridgehead atoms. The van der Waals surface area contributed by atoms with Gasteiger partial charge in [0.25, 0.3) is 0 Å². The average molecular weight is 254 g/mol. The van der Waals surface area contributed by atoms with Crippen molar-refractivity contribution in [1.29, 1.82) is 0 Å². The van der Waals surface area contributed by atoms with Crippen molar-refractivity contribution in [2.24, 2.45) is 11.3 Å². The van der Waals surface area contributed by atoms with E-state index in [0.29, 0.717) is 11.5 Å². The fourth-order valence-electron chi connectivity index (χ4n) is 2.86. The Balaban J connectivity index is 2.25. The lowest BCUT2D eigenvalue weighted by Gasteiger charge is -2.29. The van der Waals surface area contributed by atoms with Crippen LogP contribution in [0, 0.1) is 11.3 Å². The summed E-state index contributed by atoms with van der Waals surface area (Å²) < 4.78 is 0. The van der Waals surface area contributed by atoms with Gasteiger partial charge < -0.3 is 10.2 Å². The average Bonchev–Trinajstić information content (AvgIpc) is 2.53. The number of hydrogen-bond acceptors (Lipinski definition) is 2. The number of nitrogens with one attached hydrogen (secondary N) is 1. The Bertz CT molecular complexity index is 220. The van der Waals surface area contributed by atoms with E-state index in [4.69, 9.17) is 0 Å². The van der Waals surface area contributed by atoms with Gasteiger partial charge in [0, 0.05) is 19.1 Å². The molecule has 2 heteroatoms. The third kappa shape index (κ3) is 5.71. The molecule has 0 aromatic carbocycles. The molecule has 1 heterocycles. The summed E-state index contributed by atoms with van der Waals surface area (Å²) in [6, 6.07) is 0.666. The van der Waals surface area contributed by atoms with E-state index in [0.717, 1.165) is 12.5 Å². The highest BCUT2D eigenvalue weighted by atomic mass is 15.1. The second-order valence-electron chi connectivity index (χ2n) is 7.10. The zero-order valence-electron chi connectivity index (χ0n) is 13.3. The van der Waals surface area contributed by atoms with Crippen molar-refractivity contribution in [1.82, 2.24) is 10.2 Å². The Hall–Kier alpha value is -0.0800. The fraction of sp³-hybridized carbons (Fsp3) is 1.00. The number of rotatable bonds is 5. The Morgan fingerprint density at radius 1 is 1.22 bits per heavy atom. The van der Waals surface area contributed by atoms with E-state index in [2.05, 4.69) is 44.8 Å². The molecule has 0 radical (unpaired) electrons. The summed E-state index contributed by atoms with van der Waals surface area (Å²) in [6.45, 7) is 16.7. The van der Waals surface area contributed by atoms with Gasteiger partial charge in [-0.3, -0.25) is 0 Å². The zero-order chi connectivity index (χ0) is 13.6. The minimum Gasteiger partial charge on any atom is -0.313 e. The molecule has 2 nitrogen and oxygen atoms in total. The number of hydrogen-bond donors (Lipinski definition) is 1. The highest BCUT2D eigenvalue weighted by Crippen LogP contribution is 2.34. The SMILES string of the molecule is CCC(C)NCCN1CCCC(C(C)(C)C)CC1.